The van der Waals surface area contributed by atoms with Crippen molar-refractivity contribution < 1.29 is 9.53 Å². The molecule has 0 unspecified atom stereocenters. The van der Waals surface area contributed by atoms with Gasteiger partial charge in [-0.05, 0) is 12.8 Å². The van der Waals surface area contributed by atoms with E-state index in [9.17, 15) is 4.79 Å². The average molecular weight is 142 g/mol. The fourth-order valence-corrected chi connectivity index (χ4v) is 1.32. The third kappa shape index (κ3) is 1.49. The lowest BCUT2D eigenvalue weighted by atomic mass is 10.1. The van der Waals surface area contributed by atoms with Gasteiger partial charge in [-0.1, -0.05) is 20.3 Å². The Hall–Kier alpha value is -0.530. The molecule has 2 atom stereocenters. The summed E-state index contributed by atoms with van der Waals surface area (Å²) in [5, 5.41) is 0. The molecule has 0 aromatic carbocycles. The van der Waals surface area contributed by atoms with Crippen LogP contribution in [0, 0.1) is 5.92 Å². The molecule has 0 aromatic heterocycles. The van der Waals surface area contributed by atoms with Crippen molar-refractivity contribution in [3.63, 3.8) is 0 Å². The Labute approximate surface area is 61.6 Å². The number of hydrogen-bond acceptors (Lipinski definition) is 2. The summed E-state index contributed by atoms with van der Waals surface area (Å²) in [5.41, 5.74) is 0. The number of esters is 1. The van der Waals surface area contributed by atoms with Gasteiger partial charge in [0, 0.05) is 0 Å². The van der Waals surface area contributed by atoms with Crippen molar-refractivity contribution in [1.82, 2.24) is 0 Å². The zero-order valence-electron chi connectivity index (χ0n) is 6.59. The van der Waals surface area contributed by atoms with E-state index in [0.717, 1.165) is 19.3 Å². The zero-order valence-corrected chi connectivity index (χ0v) is 6.59. The van der Waals surface area contributed by atoms with Crippen LogP contribution in [-0.4, -0.2) is 12.1 Å². The summed E-state index contributed by atoms with van der Waals surface area (Å²) in [5.74, 6) is 0.120. The molecule has 1 heterocycles. The predicted molar refractivity (Wildman–Crippen MR) is 38.6 cm³/mol. The molecule has 0 spiro atoms. The Morgan fingerprint density at radius 2 is 2.40 bits per heavy atom. The molecule has 1 aliphatic heterocycles. The molecule has 1 rings (SSSR count). The lowest BCUT2D eigenvalue weighted by molar-refractivity contribution is -0.144. The minimum absolute atomic E-state index is 0.0153. The van der Waals surface area contributed by atoms with Crippen LogP contribution in [0.15, 0.2) is 0 Å². The number of cyclic esters (lactones) is 1. The molecule has 0 amide bonds. The van der Waals surface area contributed by atoms with Crippen LogP contribution in [0.1, 0.15) is 33.1 Å². The van der Waals surface area contributed by atoms with Crippen molar-refractivity contribution >= 4 is 5.97 Å². The first-order valence-electron chi connectivity index (χ1n) is 3.94. The summed E-state index contributed by atoms with van der Waals surface area (Å²) in [6.45, 7) is 4.04. The number of ether oxygens (including phenoxy) is 1. The van der Waals surface area contributed by atoms with E-state index >= 15 is 0 Å². The number of rotatable bonds is 2. The van der Waals surface area contributed by atoms with Crippen molar-refractivity contribution in [2.24, 2.45) is 5.92 Å². The molecule has 1 fully saturated rings. The Morgan fingerprint density at radius 3 is 2.80 bits per heavy atom. The molecule has 0 bridgehead atoms. The maximum atomic E-state index is 10.8. The molecule has 0 radical (unpaired) electrons. The zero-order chi connectivity index (χ0) is 7.56. The van der Waals surface area contributed by atoms with Crippen LogP contribution in [0.25, 0.3) is 0 Å². The minimum Gasteiger partial charge on any atom is -0.462 e. The SMILES string of the molecule is CCC[C@@H]1C[C@H](C)C(=O)O1. The highest BCUT2D eigenvalue weighted by Gasteiger charge is 2.29. The van der Waals surface area contributed by atoms with Crippen molar-refractivity contribution in [3.8, 4) is 0 Å². The highest BCUT2D eigenvalue weighted by molar-refractivity contribution is 5.74. The first kappa shape index (κ1) is 7.58. The van der Waals surface area contributed by atoms with E-state index in [1.54, 1.807) is 0 Å². The Morgan fingerprint density at radius 1 is 1.70 bits per heavy atom. The molecule has 2 heteroatoms. The summed E-state index contributed by atoms with van der Waals surface area (Å²) in [7, 11) is 0. The van der Waals surface area contributed by atoms with E-state index in [1.807, 2.05) is 6.92 Å². The van der Waals surface area contributed by atoms with Crippen LogP contribution in [0.2, 0.25) is 0 Å². The highest BCUT2D eigenvalue weighted by Crippen LogP contribution is 2.23. The Kier molecular flexibility index (Phi) is 2.30. The minimum atomic E-state index is -0.0153. The van der Waals surface area contributed by atoms with E-state index in [-0.39, 0.29) is 18.0 Å². The maximum Gasteiger partial charge on any atom is 0.309 e. The van der Waals surface area contributed by atoms with E-state index in [1.165, 1.54) is 0 Å². The van der Waals surface area contributed by atoms with Gasteiger partial charge < -0.3 is 4.74 Å². The third-order valence-corrected chi connectivity index (χ3v) is 1.91. The summed E-state index contributed by atoms with van der Waals surface area (Å²) in [6, 6.07) is 0. The molecule has 0 aromatic rings. The van der Waals surface area contributed by atoms with Crippen molar-refractivity contribution in [3.05, 3.63) is 0 Å². The van der Waals surface area contributed by atoms with Crippen LogP contribution < -0.4 is 0 Å². The van der Waals surface area contributed by atoms with Crippen LogP contribution in [0.4, 0.5) is 0 Å². The second-order valence-electron chi connectivity index (χ2n) is 2.98. The van der Waals surface area contributed by atoms with Crippen molar-refractivity contribution in [2.45, 2.75) is 39.2 Å². The van der Waals surface area contributed by atoms with Crippen LogP contribution in [-0.2, 0) is 9.53 Å². The molecule has 2 nitrogen and oxygen atoms in total. The van der Waals surface area contributed by atoms with Gasteiger partial charge in [-0.3, -0.25) is 4.79 Å². The Balaban J connectivity index is 2.34. The quantitative estimate of drug-likeness (QED) is 0.549. The second-order valence-corrected chi connectivity index (χ2v) is 2.98. The Bertz CT molecular complexity index is 131. The van der Waals surface area contributed by atoms with E-state index in [4.69, 9.17) is 4.74 Å². The molecular weight excluding hydrogens is 128 g/mol. The molecule has 10 heavy (non-hydrogen) atoms. The van der Waals surface area contributed by atoms with Gasteiger partial charge in [-0.25, -0.2) is 0 Å². The molecule has 0 N–H and O–H groups in total. The topological polar surface area (TPSA) is 26.3 Å². The third-order valence-electron chi connectivity index (χ3n) is 1.91. The first-order valence-corrected chi connectivity index (χ1v) is 3.94. The monoisotopic (exact) mass is 142 g/mol. The first-order chi connectivity index (χ1) is 4.74. The largest absolute Gasteiger partial charge is 0.462 e. The highest BCUT2D eigenvalue weighted by atomic mass is 16.5. The van der Waals surface area contributed by atoms with Gasteiger partial charge in [0.15, 0.2) is 0 Å². The van der Waals surface area contributed by atoms with Crippen molar-refractivity contribution in [1.29, 1.82) is 0 Å². The van der Waals surface area contributed by atoms with Crippen LogP contribution in [0.3, 0.4) is 0 Å². The lowest BCUT2D eigenvalue weighted by Crippen LogP contribution is -2.05. The van der Waals surface area contributed by atoms with E-state index in [0.29, 0.717) is 0 Å². The number of carbonyl (C=O) groups excluding carboxylic acids is 1. The lowest BCUT2D eigenvalue weighted by Gasteiger charge is -2.04. The van der Waals surface area contributed by atoms with Gasteiger partial charge >= 0.3 is 5.97 Å². The fourth-order valence-electron chi connectivity index (χ4n) is 1.32. The van der Waals surface area contributed by atoms with Gasteiger partial charge in [-0.15, -0.1) is 0 Å². The second kappa shape index (κ2) is 3.04. The van der Waals surface area contributed by atoms with E-state index < -0.39 is 0 Å². The molecule has 1 aliphatic rings. The number of carbonyl (C=O) groups is 1. The van der Waals surface area contributed by atoms with Crippen LogP contribution >= 0.6 is 0 Å². The normalized spacial score (nSPS) is 32.4. The standard InChI is InChI=1S/C8H14O2/c1-3-4-7-5-6(2)8(9)10-7/h6-7H,3-5H2,1-2H3/t6-,7+/m0/s1. The molecule has 0 saturated carbocycles. The molecule has 0 aliphatic carbocycles. The molecule has 58 valence electrons. The van der Waals surface area contributed by atoms with Gasteiger partial charge in [0.2, 0.25) is 0 Å². The van der Waals surface area contributed by atoms with Gasteiger partial charge in [-0.2, -0.15) is 0 Å². The summed E-state index contributed by atoms with van der Waals surface area (Å²) < 4.78 is 5.08. The summed E-state index contributed by atoms with van der Waals surface area (Å²) >= 11 is 0. The summed E-state index contributed by atoms with van der Waals surface area (Å²) in [6.07, 6.45) is 3.26. The van der Waals surface area contributed by atoms with Gasteiger partial charge in [0.25, 0.3) is 0 Å². The van der Waals surface area contributed by atoms with Gasteiger partial charge in [0.1, 0.15) is 6.10 Å². The fraction of sp³-hybridized carbons (Fsp3) is 0.875. The predicted octanol–water partition coefficient (Wildman–Crippen LogP) is 1.74. The number of hydrogen-bond donors (Lipinski definition) is 0. The molecule has 1 saturated heterocycles. The molecular formula is C8H14O2. The van der Waals surface area contributed by atoms with Crippen LogP contribution in [0.5, 0.6) is 0 Å². The van der Waals surface area contributed by atoms with Gasteiger partial charge in [0.05, 0.1) is 5.92 Å². The maximum absolute atomic E-state index is 10.8. The van der Waals surface area contributed by atoms with Crippen molar-refractivity contribution in [2.75, 3.05) is 0 Å². The summed E-state index contributed by atoms with van der Waals surface area (Å²) in [4.78, 5) is 10.8. The smallest absolute Gasteiger partial charge is 0.309 e. The van der Waals surface area contributed by atoms with E-state index in [2.05, 4.69) is 6.92 Å². The average Bonchev–Trinajstić information content (AvgIpc) is 2.14.